The number of hydrogen-bond acceptors (Lipinski definition) is 1. The predicted molar refractivity (Wildman–Crippen MR) is 89.3 cm³/mol. The Bertz CT molecular complexity index is 709. The lowest BCUT2D eigenvalue weighted by atomic mass is 9.77. The molecule has 2 aromatic carbocycles. The van der Waals surface area contributed by atoms with Gasteiger partial charge in [0, 0.05) is 10.9 Å². The largest absolute Gasteiger partial charge is 0.376 e. The number of fused-ring (bicyclic) bond motifs is 3. The van der Waals surface area contributed by atoms with Gasteiger partial charge in [0.05, 0.1) is 16.8 Å². The summed E-state index contributed by atoms with van der Waals surface area (Å²) in [5.74, 6) is 0.914. The molecule has 1 heterocycles. The van der Waals surface area contributed by atoms with Crippen molar-refractivity contribution in [2.24, 2.45) is 5.92 Å². The van der Waals surface area contributed by atoms with Crippen LogP contribution < -0.4 is 5.32 Å². The Hall–Kier alpha value is -1.44. The topological polar surface area (TPSA) is 12.0 Å². The maximum Gasteiger partial charge on any atom is 0.0655 e. The molecular weight excluding hydrogens is 301 g/mol. The third kappa shape index (κ3) is 2.16. The Morgan fingerprint density at radius 1 is 1.05 bits per heavy atom. The van der Waals surface area contributed by atoms with Gasteiger partial charge >= 0.3 is 0 Å². The first-order valence-corrected chi connectivity index (χ1v) is 7.97. The standard InChI is InChI=1S/C18H15Cl2N/c19-12-9-15-13-7-4-8-14(13)17(11-5-2-1-3-6-11)21-18(15)16(20)10-12/h1-7,9-10,13-14,17,21H,8H2/t13-,14-,17+/m1/s1. The zero-order chi connectivity index (χ0) is 14.4. The van der Waals surface area contributed by atoms with Gasteiger partial charge in [0.25, 0.3) is 0 Å². The average molecular weight is 316 g/mol. The van der Waals surface area contributed by atoms with Gasteiger partial charge in [0.1, 0.15) is 0 Å². The quantitative estimate of drug-likeness (QED) is 0.654. The Kier molecular flexibility index (Phi) is 3.20. The monoisotopic (exact) mass is 315 g/mol. The molecule has 1 nitrogen and oxygen atoms in total. The maximum absolute atomic E-state index is 6.42. The van der Waals surface area contributed by atoms with Crippen molar-refractivity contribution < 1.29 is 0 Å². The molecule has 0 saturated carbocycles. The van der Waals surface area contributed by atoms with Crippen molar-refractivity contribution in [3.05, 3.63) is 75.8 Å². The molecule has 0 bridgehead atoms. The molecule has 3 heteroatoms. The van der Waals surface area contributed by atoms with Crippen LogP contribution in [0.1, 0.15) is 29.5 Å². The van der Waals surface area contributed by atoms with Crippen molar-refractivity contribution in [2.45, 2.75) is 18.4 Å². The summed E-state index contributed by atoms with van der Waals surface area (Å²) >= 11 is 12.6. The number of halogens is 2. The van der Waals surface area contributed by atoms with Crippen molar-refractivity contribution in [2.75, 3.05) is 5.32 Å². The number of hydrogen-bond donors (Lipinski definition) is 1. The molecule has 0 fully saturated rings. The molecule has 106 valence electrons. The lowest BCUT2D eigenvalue weighted by molar-refractivity contribution is 0.425. The lowest BCUT2D eigenvalue weighted by Crippen LogP contribution is -2.29. The van der Waals surface area contributed by atoms with Gasteiger partial charge in [-0.05, 0) is 35.6 Å². The van der Waals surface area contributed by atoms with Gasteiger partial charge in [-0.1, -0.05) is 65.7 Å². The molecule has 0 unspecified atom stereocenters. The summed E-state index contributed by atoms with van der Waals surface area (Å²) in [7, 11) is 0. The Morgan fingerprint density at radius 2 is 1.86 bits per heavy atom. The molecule has 0 saturated heterocycles. The van der Waals surface area contributed by atoms with Crippen LogP contribution in [0, 0.1) is 5.92 Å². The van der Waals surface area contributed by atoms with E-state index >= 15 is 0 Å². The summed E-state index contributed by atoms with van der Waals surface area (Å²) in [4.78, 5) is 0. The first-order valence-electron chi connectivity index (χ1n) is 7.21. The second-order valence-electron chi connectivity index (χ2n) is 5.74. The van der Waals surface area contributed by atoms with E-state index in [2.05, 4.69) is 47.8 Å². The van der Waals surface area contributed by atoms with Crippen LogP contribution in [0.3, 0.4) is 0 Å². The molecule has 2 aromatic rings. The Balaban J connectivity index is 1.84. The normalized spacial score (nSPS) is 26.1. The highest BCUT2D eigenvalue weighted by Gasteiger charge is 2.38. The minimum Gasteiger partial charge on any atom is -0.376 e. The lowest BCUT2D eigenvalue weighted by Gasteiger charge is -2.38. The third-order valence-electron chi connectivity index (χ3n) is 4.54. The minimum atomic E-state index is 0.289. The molecule has 2 aliphatic rings. The summed E-state index contributed by atoms with van der Waals surface area (Å²) in [6, 6.07) is 14.7. The van der Waals surface area contributed by atoms with Gasteiger partial charge in [-0.25, -0.2) is 0 Å². The summed E-state index contributed by atoms with van der Waals surface area (Å²) in [6.07, 6.45) is 5.66. The third-order valence-corrected chi connectivity index (χ3v) is 5.06. The molecule has 0 aromatic heterocycles. The highest BCUT2D eigenvalue weighted by molar-refractivity contribution is 6.36. The molecule has 4 rings (SSSR count). The van der Waals surface area contributed by atoms with Gasteiger partial charge < -0.3 is 5.32 Å². The van der Waals surface area contributed by atoms with E-state index in [9.17, 15) is 0 Å². The van der Waals surface area contributed by atoms with Crippen LogP contribution in [0.5, 0.6) is 0 Å². The number of benzene rings is 2. The molecule has 0 radical (unpaired) electrons. The maximum atomic E-state index is 6.42. The SMILES string of the molecule is Clc1cc(Cl)c2c(c1)[C@@H]1C=CC[C@H]1[C@H](c1ccccc1)N2. The molecule has 1 aliphatic carbocycles. The highest BCUT2D eigenvalue weighted by atomic mass is 35.5. The van der Waals surface area contributed by atoms with E-state index in [0.29, 0.717) is 21.9 Å². The van der Waals surface area contributed by atoms with E-state index in [1.54, 1.807) is 0 Å². The van der Waals surface area contributed by atoms with E-state index < -0.39 is 0 Å². The van der Waals surface area contributed by atoms with Crippen LogP contribution >= 0.6 is 23.2 Å². The highest BCUT2D eigenvalue weighted by Crippen LogP contribution is 2.52. The van der Waals surface area contributed by atoms with Crippen molar-refractivity contribution in [3.8, 4) is 0 Å². The molecule has 0 amide bonds. The number of anilines is 1. The molecule has 21 heavy (non-hydrogen) atoms. The molecule has 3 atom stereocenters. The Labute approximate surface area is 134 Å². The van der Waals surface area contributed by atoms with Gasteiger partial charge in [0.2, 0.25) is 0 Å². The molecular formula is C18H15Cl2N. The van der Waals surface area contributed by atoms with Gasteiger partial charge in [0.15, 0.2) is 0 Å². The van der Waals surface area contributed by atoms with E-state index in [1.165, 1.54) is 11.1 Å². The first-order chi connectivity index (χ1) is 10.2. The van der Waals surface area contributed by atoms with Gasteiger partial charge in [-0.2, -0.15) is 0 Å². The van der Waals surface area contributed by atoms with Crippen LogP contribution in [0.25, 0.3) is 0 Å². The van der Waals surface area contributed by atoms with Crippen LogP contribution in [-0.2, 0) is 0 Å². The summed E-state index contributed by atoms with van der Waals surface area (Å²) in [6.45, 7) is 0. The summed E-state index contributed by atoms with van der Waals surface area (Å²) < 4.78 is 0. The van der Waals surface area contributed by atoms with E-state index in [4.69, 9.17) is 23.2 Å². The fraction of sp³-hybridized carbons (Fsp3) is 0.222. The van der Waals surface area contributed by atoms with Gasteiger partial charge in [-0.3, -0.25) is 0 Å². The second-order valence-corrected chi connectivity index (χ2v) is 6.58. The summed E-state index contributed by atoms with van der Waals surface area (Å²) in [5, 5.41) is 5.06. The van der Waals surface area contributed by atoms with Crippen LogP contribution in [0.2, 0.25) is 10.0 Å². The molecule has 1 aliphatic heterocycles. The molecule has 0 spiro atoms. The van der Waals surface area contributed by atoms with Crippen molar-refractivity contribution in [3.63, 3.8) is 0 Å². The fourth-order valence-corrected chi connectivity index (χ4v) is 4.18. The van der Waals surface area contributed by atoms with E-state index in [0.717, 1.165) is 12.1 Å². The molecule has 1 N–H and O–H groups in total. The second kappa shape index (κ2) is 5.08. The average Bonchev–Trinajstić information content (AvgIpc) is 2.97. The van der Waals surface area contributed by atoms with Crippen molar-refractivity contribution in [1.29, 1.82) is 0 Å². The number of rotatable bonds is 1. The van der Waals surface area contributed by atoms with E-state index in [1.807, 2.05) is 12.1 Å². The van der Waals surface area contributed by atoms with Crippen molar-refractivity contribution >= 4 is 28.9 Å². The zero-order valence-electron chi connectivity index (χ0n) is 11.4. The first kappa shape index (κ1) is 13.2. The minimum absolute atomic E-state index is 0.289. The zero-order valence-corrected chi connectivity index (χ0v) is 12.9. The van der Waals surface area contributed by atoms with Crippen molar-refractivity contribution in [1.82, 2.24) is 0 Å². The van der Waals surface area contributed by atoms with Crippen LogP contribution in [0.4, 0.5) is 5.69 Å². The predicted octanol–water partition coefficient (Wildman–Crippen LogP) is 5.82. The number of nitrogens with one attached hydrogen (secondary N) is 1. The van der Waals surface area contributed by atoms with Crippen LogP contribution in [0.15, 0.2) is 54.6 Å². The van der Waals surface area contributed by atoms with Gasteiger partial charge in [-0.15, -0.1) is 0 Å². The smallest absolute Gasteiger partial charge is 0.0655 e. The fourth-order valence-electron chi connectivity index (χ4n) is 3.61. The summed E-state index contributed by atoms with van der Waals surface area (Å²) in [5.41, 5.74) is 3.56. The van der Waals surface area contributed by atoms with Crippen LogP contribution in [-0.4, -0.2) is 0 Å². The van der Waals surface area contributed by atoms with E-state index in [-0.39, 0.29) is 6.04 Å². The Morgan fingerprint density at radius 3 is 2.67 bits per heavy atom. The number of allylic oxidation sites excluding steroid dienone is 2.